The van der Waals surface area contributed by atoms with Gasteiger partial charge in [0.2, 0.25) is 0 Å². The van der Waals surface area contributed by atoms with Crippen molar-refractivity contribution in [1.82, 2.24) is 40.8 Å². The first-order valence-corrected chi connectivity index (χ1v) is 8.29. The summed E-state index contributed by atoms with van der Waals surface area (Å²) in [5, 5.41) is 69.0. The number of hydrogen-bond acceptors (Lipinski definition) is 12. The summed E-state index contributed by atoms with van der Waals surface area (Å²) in [4.78, 5) is 16.5. The van der Waals surface area contributed by atoms with Crippen LogP contribution in [0.2, 0.25) is 0 Å². The van der Waals surface area contributed by atoms with Gasteiger partial charge >= 0.3 is 16.5 Å². The van der Waals surface area contributed by atoms with Gasteiger partial charge in [0.05, 0.1) is 22.3 Å². The number of aromatic nitrogens is 8. The van der Waals surface area contributed by atoms with Crippen LogP contribution in [0.25, 0.3) is 0 Å². The summed E-state index contributed by atoms with van der Waals surface area (Å²) in [6.07, 6.45) is 13.8. The van der Waals surface area contributed by atoms with Crippen LogP contribution in [-0.2, 0) is 16.5 Å². The molecule has 4 heterocycles. The number of nitrogens with zero attached hydrogens (tertiary/aromatic N) is 8. The predicted octanol–water partition coefficient (Wildman–Crippen LogP) is 2.22. The Morgan fingerprint density at radius 1 is 0.600 bits per heavy atom. The SMILES string of the molecule is CC#N.CC#N.O=[N+]([O-])[O-].O=[N+]([O-])[O-].[Ni+2].c1cn[nH]c1.c1cn[nH]c1.c1cn[nH]c1.c1cn[nH]c1. The normalized spacial score (nSPS) is 6.40. The second-order valence-electron chi connectivity index (χ2n) is 3.96. The molecule has 0 fully saturated rings. The van der Waals surface area contributed by atoms with Gasteiger partial charge in [0.15, 0.2) is 0 Å². The summed E-state index contributed by atoms with van der Waals surface area (Å²) in [6.45, 7) is 2.86. The maximum Gasteiger partial charge on any atom is 2.00 e. The third kappa shape index (κ3) is 94.6. The van der Waals surface area contributed by atoms with E-state index in [0.29, 0.717) is 0 Å². The zero-order valence-corrected chi connectivity index (χ0v) is 19.3. The zero-order valence-electron chi connectivity index (χ0n) is 18.3. The Labute approximate surface area is 208 Å². The number of nitrogens with one attached hydrogen (secondary N) is 4. The molecule has 18 nitrogen and oxygen atoms in total. The Kier molecular flexibility index (Phi) is 49.0. The minimum absolute atomic E-state index is 0. The quantitative estimate of drug-likeness (QED) is 0.143. The van der Waals surface area contributed by atoms with Gasteiger partial charge in [-0.3, -0.25) is 20.4 Å². The van der Waals surface area contributed by atoms with E-state index in [1.54, 1.807) is 61.7 Å². The molecule has 0 aliphatic carbocycles. The topological polar surface area (TPSA) is 295 Å². The Balaban J connectivity index is -0.0000000985. The van der Waals surface area contributed by atoms with E-state index >= 15 is 0 Å². The van der Waals surface area contributed by atoms with E-state index in [1.807, 2.05) is 24.3 Å². The summed E-state index contributed by atoms with van der Waals surface area (Å²) in [5.41, 5.74) is 0. The molecule has 0 aliphatic rings. The second-order valence-corrected chi connectivity index (χ2v) is 3.96. The molecule has 0 aliphatic heterocycles. The van der Waals surface area contributed by atoms with Gasteiger partial charge in [0, 0.05) is 63.4 Å². The van der Waals surface area contributed by atoms with E-state index in [1.165, 1.54) is 13.8 Å². The van der Waals surface area contributed by atoms with Crippen molar-refractivity contribution in [3.63, 3.8) is 0 Å². The van der Waals surface area contributed by atoms with E-state index in [9.17, 15) is 0 Å². The van der Waals surface area contributed by atoms with E-state index < -0.39 is 10.2 Å². The summed E-state index contributed by atoms with van der Waals surface area (Å²) in [6, 6.07) is 10.8. The zero-order chi connectivity index (χ0) is 26.7. The standard InChI is InChI=1S/4C3H4N2.2C2H3N.2NO3.Ni/c4*1-2-4-5-3-1;2*1-2-3;2*2-1(3)4;/h4*1-3H,(H,4,5);2*1H3;;;/q;;;;;;2*-1;+2. The maximum absolute atomic E-state index is 8.25. The summed E-state index contributed by atoms with van der Waals surface area (Å²) in [5.74, 6) is 0. The Morgan fingerprint density at radius 3 is 0.771 bits per heavy atom. The van der Waals surface area contributed by atoms with Crippen LogP contribution in [0.4, 0.5) is 0 Å². The van der Waals surface area contributed by atoms with Crippen molar-refractivity contribution in [2.45, 2.75) is 13.8 Å². The number of hydrogen-bond donors (Lipinski definition) is 4. The molecule has 4 aromatic heterocycles. The Morgan fingerprint density at radius 2 is 0.743 bits per heavy atom. The van der Waals surface area contributed by atoms with E-state index in [2.05, 4.69) is 40.8 Å². The van der Waals surface area contributed by atoms with Crippen molar-refractivity contribution in [3.8, 4) is 12.1 Å². The minimum Gasteiger partial charge on any atom is -0.356 e. The summed E-state index contributed by atoms with van der Waals surface area (Å²) >= 11 is 0. The van der Waals surface area contributed by atoms with Crippen LogP contribution < -0.4 is 0 Å². The van der Waals surface area contributed by atoms with Crippen LogP contribution in [0.3, 0.4) is 0 Å². The number of H-pyrrole nitrogens is 4. The van der Waals surface area contributed by atoms with Crippen molar-refractivity contribution < 1.29 is 26.7 Å². The molecule has 192 valence electrons. The van der Waals surface area contributed by atoms with Gasteiger partial charge in [-0.1, -0.05) is 0 Å². The molecule has 4 aromatic rings. The molecular weight excluding hydrogens is 515 g/mol. The van der Waals surface area contributed by atoms with Crippen LogP contribution in [0.5, 0.6) is 0 Å². The van der Waals surface area contributed by atoms with Gasteiger partial charge in [-0.25, -0.2) is 0 Å². The number of rotatable bonds is 0. The van der Waals surface area contributed by atoms with E-state index in [-0.39, 0.29) is 16.5 Å². The van der Waals surface area contributed by atoms with Gasteiger partial charge < -0.3 is 30.6 Å². The fourth-order valence-corrected chi connectivity index (χ4v) is 0.861. The molecule has 4 rings (SSSR count). The molecule has 0 saturated heterocycles. The first-order chi connectivity index (χ1) is 16.3. The second kappa shape index (κ2) is 42.7. The number of aromatic amines is 4. The molecule has 0 unspecified atom stereocenters. The molecule has 0 amide bonds. The van der Waals surface area contributed by atoms with Gasteiger partial charge in [-0.05, 0) is 24.3 Å². The van der Waals surface area contributed by atoms with E-state index in [0.717, 1.165) is 0 Å². The smallest absolute Gasteiger partial charge is 0.356 e. The van der Waals surface area contributed by atoms with Crippen molar-refractivity contribution in [2.75, 3.05) is 0 Å². The van der Waals surface area contributed by atoms with Crippen LogP contribution in [0.1, 0.15) is 13.8 Å². The van der Waals surface area contributed by atoms with Crippen molar-refractivity contribution >= 4 is 0 Å². The maximum atomic E-state index is 8.25. The molecule has 0 radical (unpaired) electrons. The van der Waals surface area contributed by atoms with Gasteiger partial charge in [0.1, 0.15) is 0 Å². The molecule has 35 heavy (non-hydrogen) atoms. The molecule has 0 bridgehead atoms. The van der Waals surface area contributed by atoms with Crippen LogP contribution in [0, 0.1) is 53.3 Å². The molecule has 4 N–H and O–H groups in total. The van der Waals surface area contributed by atoms with Crippen LogP contribution in [0.15, 0.2) is 73.8 Å². The van der Waals surface area contributed by atoms with Gasteiger partial charge in [-0.15, -0.1) is 0 Å². The Bertz CT molecular complexity index is 686. The minimum atomic E-state index is -1.75. The van der Waals surface area contributed by atoms with Crippen LogP contribution >= 0.6 is 0 Å². The first kappa shape index (κ1) is 40.1. The molecule has 0 aromatic carbocycles. The summed E-state index contributed by atoms with van der Waals surface area (Å²) < 4.78 is 0. The average Bonchev–Trinajstić information content (AvgIpc) is 3.60. The van der Waals surface area contributed by atoms with Gasteiger partial charge in [0.25, 0.3) is 0 Å². The fraction of sp³-hybridized carbons (Fsp3) is 0.125. The third-order valence-corrected chi connectivity index (χ3v) is 1.62. The average molecular weight is 537 g/mol. The Hall–Kier alpha value is -5.29. The monoisotopic (exact) mass is 536 g/mol. The van der Waals surface area contributed by atoms with Crippen molar-refractivity contribution in [1.29, 1.82) is 10.5 Å². The van der Waals surface area contributed by atoms with Crippen LogP contribution in [-0.4, -0.2) is 51.0 Å². The first-order valence-electron chi connectivity index (χ1n) is 8.29. The van der Waals surface area contributed by atoms with Gasteiger partial charge in [-0.2, -0.15) is 30.9 Å². The van der Waals surface area contributed by atoms with Crippen molar-refractivity contribution in [2.24, 2.45) is 0 Å². The molecule has 0 atom stereocenters. The largest absolute Gasteiger partial charge is 2.00 e. The molecule has 0 spiro atoms. The fourth-order valence-electron chi connectivity index (χ4n) is 0.861. The van der Waals surface area contributed by atoms with E-state index in [4.69, 9.17) is 41.2 Å². The molecule has 0 saturated carbocycles. The molecular formula is C16H22N12NiO6. The predicted molar refractivity (Wildman–Crippen MR) is 118 cm³/mol. The molecule has 19 heteroatoms. The van der Waals surface area contributed by atoms with Crippen molar-refractivity contribution in [3.05, 3.63) is 104 Å². The third-order valence-electron chi connectivity index (χ3n) is 1.62. The number of nitriles is 2. The summed E-state index contributed by atoms with van der Waals surface area (Å²) in [7, 11) is 0.